The van der Waals surface area contributed by atoms with Crippen molar-refractivity contribution in [2.45, 2.75) is 32.6 Å². The quantitative estimate of drug-likeness (QED) is 0.766. The summed E-state index contributed by atoms with van der Waals surface area (Å²) in [6, 6.07) is 7.01. The van der Waals surface area contributed by atoms with Crippen LogP contribution in [0.25, 0.3) is 5.69 Å². The molecule has 1 amide bonds. The molecule has 2 rings (SSSR count). The van der Waals surface area contributed by atoms with Gasteiger partial charge in [-0.15, -0.1) is 5.10 Å². The summed E-state index contributed by atoms with van der Waals surface area (Å²) in [6.45, 7) is 2.09. The smallest absolute Gasteiger partial charge is 0.358 e. The average molecular weight is 302 g/mol. The van der Waals surface area contributed by atoms with Gasteiger partial charge in [0.05, 0.1) is 11.9 Å². The highest BCUT2D eigenvalue weighted by molar-refractivity contribution is 5.91. The van der Waals surface area contributed by atoms with Gasteiger partial charge in [-0.1, -0.05) is 31.0 Å². The Bertz CT molecular complexity index is 666. The Morgan fingerprint density at radius 1 is 1.32 bits per heavy atom. The van der Waals surface area contributed by atoms with Crippen LogP contribution in [0.15, 0.2) is 30.5 Å². The minimum atomic E-state index is -1.13. The summed E-state index contributed by atoms with van der Waals surface area (Å²) in [5, 5.41) is 19.0. The molecule has 116 valence electrons. The first-order valence-electron chi connectivity index (χ1n) is 7.16. The number of benzene rings is 1. The molecule has 0 bridgehead atoms. The number of nitrogens with one attached hydrogen (secondary N) is 1. The maximum Gasteiger partial charge on any atom is 0.358 e. The van der Waals surface area contributed by atoms with E-state index in [2.05, 4.69) is 22.6 Å². The second-order valence-electron chi connectivity index (χ2n) is 4.91. The second-order valence-corrected chi connectivity index (χ2v) is 4.91. The third kappa shape index (κ3) is 4.15. The first-order valence-corrected chi connectivity index (χ1v) is 7.16. The molecule has 0 fully saturated rings. The summed E-state index contributed by atoms with van der Waals surface area (Å²) >= 11 is 0. The van der Waals surface area contributed by atoms with Gasteiger partial charge in [-0.05, 0) is 24.6 Å². The van der Waals surface area contributed by atoms with Crippen LogP contribution in [0.4, 0.5) is 5.69 Å². The number of carbonyl (C=O) groups excluding carboxylic acids is 1. The number of hydrogen-bond donors (Lipinski definition) is 2. The highest BCUT2D eigenvalue weighted by Gasteiger charge is 2.10. The molecule has 1 heterocycles. The number of anilines is 1. The van der Waals surface area contributed by atoms with Gasteiger partial charge in [0.15, 0.2) is 5.69 Å². The summed E-state index contributed by atoms with van der Waals surface area (Å²) in [7, 11) is 0. The molecule has 0 saturated heterocycles. The van der Waals surface area contributed by atoms with Gasteiger partial charge in [-0.25, -0.2) is 9.48 Å². The number of carboxylic acid groups (broad SMARTS) is 1. The van der Waals surface area contributed by atoms with Gasteiger partial charge in [0.2, 0.25) is 5.91 Å². The number of hydrogen-bond acceptors (Lipinski definition) is 4. The molecule has 0 spiro atoms. The van der Waals surface area contributed by atoms with E-state index in [-0.39, 0.29) is 11.6 Å². The van der Waals surface area contributed by atoms with Crippen molar-refractivity contribution in [3.63, 3.8) is 0 Å². The summed E-state index contributed by atoms with van der Waals surface area (Å²) in [6.07, 6.45) is 4.79. The van der Waals surface area contributed by atoms with Crippen LogP contribution in [0.1, 0.15) is 43.1 Å². The molecular weight excluding hydrogens is 284 g/mol. The van der Waals surface area contributed by atoms with Crippen LogP contribution in [0.2, 0.25) is 0 Å². The topological polar surface area (TPSA) is 97.1 Å². The molecule has 22 heavy (non-hydrogen) atoms. The fourth-order valence-corrected chi connectivity index (χ4v) is 1.97. The highest BCUT2D eigenvalue weighted by Crippen LogP contribution is 2.15. The van der Waals surface area contributed by atoms with Crippen molar-refractivity contribution in [3.05, 3.63) is 36.2 Å². The minimum absolute atomic E-state index is 0.0320. The highest BCUT2D eigenvalue weighted by atomic mass is 16.4. The predicted molar refractivity (Wildman–Crippen MR) is 81.1 cm³/mol. The number of amides is 1. The summed E-state index contributed by atoms with van der Waals surface area (Å²) < 4.78 is 1.36. The monoisotopic (exact) mass is 302 g/mol. The van der Waals surface area contributed by atoms with Gasteiger partial charge in [-0.2, -0.15) is 0 Å². The summed E-state index contributed by atoms with van der Waals surface area (Å²) in [4.78, 5) is 22.6. The lowest BCUT2D eigenvalue weighted by Gasteiger charge is -2.07. The Morgan fingerprint density at radius 2 is 2.14 bits per heavy atom. The average Bonchev–Trinajstić information content (AvgIpc) is 2.98. The molecule has 1 aromatic heterocycles. The SMILES string of the molecule is CCCCCC(=O)Nc1cccc(-n2cc(C(=O)O)nn2)c1. The molecule has 7 nitrogen and oxygen atoms in total. The molecule has 0 atom stereocenters. The van der Waals surface area contributed by atoms with Crippen molar-refractivity contribution in [1.29, 1.82) is 0 Å². The largest absolute Gasteiger partial charge is 0.476 e. The Balaban J connectivity index is 2.06. The second kappa shape index (κ2) is 7.35. The minimum Gasteiger partial charge on any atom is -0.476 e. The van der Waals surface area contributed by atoms with Crippen molar-refractivity contribution in [2.24, 2.45) is 0 Å². The Hall–Kier alpha value is -2.70. The predicted octanol–water partition coefficient (Wildman–Crippen LogP) is 2.48. The molecule has 0 aliphatic carbocycles. The van der Waals surface area contributed by atoms with Crippen molar-refractivity contribution in [2.75, 3.05) is 5.32 Å². The number of nitrogens with zero attached hydrogens (tertiary/aromatic N) is 3. The van der Waals surface area contributed by atoms with E-state index in [1.54, 1.807) is 24.3 Å². The molecule has 0 aliphatic rings. The Morgan fingerprint density at radius 3 is 2.82 bits per heavy atom. The molecule has 7 heteroatoms. The van der Waals surface area contributed by atoms with Crippen molar-refractivity contribution in [1.82, 2.24) is 15.0 Å². The van der Waals surface area contributed by atoms with Crippen LogP contribution < -0.4 is 5.32 Å². The molecule has 0 radical (unpaired) electrons. The first-order chi connectivity index (χ1) is 10.6. The third-order valence-electron chi connectivity index (χ3n) is 3.11. The van der Waals surface area contributed by atoms with E-state index in [9.17, 15) is 9.59 Å². The molecule has 0 aliphatic heterocycles. The summed E-state index contributed by atoms with van der Waals surface area (Å²) in [5.74, 6) is -1.16. The van der Waals surface area contributed by atoms with E-state index in [0.29, 0.717) is 17.8 Å². The lowest BCUT2D eigenvalue weighted by Crippen LogP contribution is -2.11. The van der Waals surface area contributed by atoms with Gasteiger partial charge >= 0.3 is 5.97 Å². The lowest BCUT2D eigenvalue weighted by molar-refractivity contribution is -0.116. The standard InChI is InChI=1S/C15H18N4O3/c1-2-3-4-8-14(20)16-11-6-5-7-12(9-11)19-10-13(15(21)22)17-18-19/h5-7,9-10H,2-4,8H2,1H3,(H,16,20)(H,21,22). The Labute approximate surface area is 128 Å². The van der Waals surface area contributed by atoms with Crippen molar-refractivity contribution < 1.29 is 14.7 Å². The van der Waals surface area contributed by atoms with Gasteiger partial charge < -0.3 is 10.4 Å². The van der Waals surface area contributed by atoms with E-state index in [1.165, 1.54) is 10.9 Å². The van der Waals surface area contributed by atoms with Crippen LogP contribution in [0.3, 0.4) is 0 Å². The summed E-state index contributed by atoms with van der Waals surface area (Å²) in [5.41, 5.74) is 1.15. The van der Waals surface area contributed by atoms with E-state index in [4.69, 9.17) is 5.11 Å². The van der Waals surface area contributed by atoms with Crippen molar-refractivity contribution >= 4 is 17.6 Å². The number of aromatic nitrogens is 3. The number of aromatic carboxylic acids is 1. The molecule has 1 aromatic carbocycles. The van der Waals surface area contributed by atoms with Gasteiger partial charge in [0.25, 0.3) is 0 Å². The number of rotatable bonds is 7. The third-order valence-corrected chi connectivity index (χ3v) is 3.11. The maximum atomic E-state index is 11.8. The maximum absolute atomic E-state index is 11.8. The number of unbranched alkanes of at least 4 members (excludes halogenated alkanes) is 2. The van der Waals surface area contributed by atoms with Crippen LogP contribution in [0.5, 0.6) is 0 Å². The Kier molecular flexibility index (Phi) is 5.24. The zero-order chi connectivity index (χ0) is 15.9. The zero-order valence-electron chi connectivity index (χ0n) is 12.3. The normalized spacial score (nSPS) is 10.4. The fraction of sp³-hybridized carbons (Fsp3) is 0.333. The number of carboxylic acids is 1. The first kappa shape index (κ1) is 15.7. The van der Waals surface area contributed by atoms with Gasteiger partial charge in [0, 0.05) is 12.1 Å². The van der Waals surface area contributed by atoms with Crippen LogP contribution in [-0.4, -0.2) is 32.0 Å². The molecule has 0 unspecified atom stereocenters. The lowest BCUT2D eigenvalue weighted by atomic mass is 10.2. The van der Waals surface area contributed by atoms with Crippen molar-refractivity contribution in [3.8, 4) is 5.69 Å². The van der Waals surface area contributed by atoms with E-state index >= 15 is 0 Å². The van der Waals surface area contributed by atoms with E-state index in [1.807, 2.05) is 0 Å². The zero-order valence-corrected chi connectivity index (χ0v) is 12.3. The van der Waals surface area contributed by atoms with E-state index < -0.39 is 5.97 Å². The molecular formula is C15H18N4O3. The van der Waals surface area contributed by atoms with E-state index in [0.717, 1.165) is 19.3 Å². The van der Waals surface area contributed by atoms with Crippen LogP contribution in [-0.2, 0) is 4.79 Å². The molecule has 2 aromatic rings. The van der Waals surface area contributed by atoms with Crippen LogP contribution >= 0.6 is 0 Å². The number of carbonyl (C=O) groups is 2. The van der Waals surface area contributed by atoms with Gasteiger partial charge in [-0.3, -0.25) is 4.79 Å². The molecule has 0 saturated carbocycles. The van der Waals surface area contributed by atoms with Crippen LogP contribution in [0, 0.1) is 0 Å². The van der Waals surface area contributed by atoms with Gasteiger partial charge in [0.1, 0.15) is 0 Å². The fourth-order valence-electron chi connectivity index (χ4n) is 1.97. The molecule has 2 N–H and O–H groups in total.